The Morgan fingerprint density at radius 1 is 0.338 bits per heavy atom. The standard InChI is InChI=1S/C42H42B18N4O/c43-20-12(7-61)13-14(21(44)29(52)23(46)16(13)22(45)28(20)51)10-5-1-4-9-8(10)3-2-6-11(9)40-62-41(64-42(63-40)19-26(49)31(54)34(57)32(55)27(19)50)18-15-17-24(47)30(53)35(58)37(60)39(17)65-38(15)36(59)33(56)25(18)48/h1-6H,43-60H2. The summed E-state index contributed by atoms with van der Waals surface area (Å²) in [5.74, 6) is 1.91. The Hall–Kier alpha value is -5.47. The van der Waals surface area contributed by atoms with E-state index in [0.29, 0.717) is 17.5 Å². The molecule has 0 N–H and O–H groups in total. The molecule has 0 fully saturated rings. The van der Waals surface area contributed by atoms with Gasteiger partial charge in [0, 0.05) is 32.8 Å². The zero-order valence-electron chi connectivity index (χ0n) is 41.7. The van der Waals surface area contributed by atoms with Gasteiger partial charge in [-0.15, -0.1) is 27.3 Å². The molecule has 2 heterocycles. The highest BCUT2D eigenvalue weighted by Gasteiger charge is 2.28. The first-order valence-corrected chi connectivity index (χ1v) is 23.0. The van der Waals surface area contributed by atoms with Crippen LogP contribution in [0.3, 0.4) is 0 Å². The van der Waals surface area contributed by atoms with Crippen LogP contribution in [0, 0.1) is 11.3 Å². The Morgan fingerprint density at radius 3 is 1.31 bits per heavy atom. The number of furan rings is 1. The first-order valence-electron chi connectivity index (χ1n) is 23.0. The van der Waals surface area contributed by atoms with E-state index in [0.717, 1.165) is 98.8 Å². The number of aromatic nitrogens is 3. The van der Waals surface area contributed by atoms with E-state index in [2.05, 4.69) is 184 Å². The number of nitriles is 1. The van der Waals surface area contributed by atoms with Crippen molar-refractivity contribution < 1.29 is 4.42 Å². The van der Waals surface area contributed by atoms with Crippen LogP contribution in [0.4, 0.5) is 0 Å². The molecule has 0 bridgehead atoms. The second-order valence-corrected chi connectivity index (χ2v) is 19.1. The molecule has 23 heteroatoms. The van der Waals surface area contributed by atoms with Crippen LogP contribution in [0.15, 0.2) is 40.8 Å². The molecule has 0 aliphatic rings. The molecular formula is C42H42B18N4O. The van der Waals surface area contributed by atoms with Crippen molar-refractivity contribution >= 4 is 283 Å². The number of rotatable bonds is 4. The SMILES string of the molecule is Bc1c(B)c(B)c(-c2nc(-c3cccc4c(-c5c(B)c(B)c(B)c6c(B)c(B)c(B)c(C#N)c56)cccc34)nc(-c3c(B)c(B)c(B)c4oc5c(B)c(B)c(B)c(B)c5c34)n2)c(B)c1B. The fourth-order valence-corrected chi connectivity index (χ4v) is 11.1. The molecule has 7 aromatic carbocycles. The van der Waals surface area contributed by atoms with Crippen molar-refractivity contribution in [3.8, 4) is 51.4 Å². The van der Waals surface area contributed by atoms with Gasteiger partial charge in [0.05, 0.1) is 11.6 Å². The van der Waals surface area contributed by atoms with Gasteiger partial charge >= 0.3 is 0 Å². The molecule has 0 aliphatic carbocycles. The van der Waals surface area contributed by atoms with Gasteiger partial charge in [0.2, 0.25) is 0 Å². The summed E-state index contributed by atoms with van der Waals surface area (Å²) < 4.78 is 6.96. The van der Waals surface area contributed by atoms with Crippen LogP contribution in [0.5, 0.6) is 0 Å². The summed E-state index contributed by atoms with van der Waals surface area (Å²) in [6.07, 6.45) is 0. The van der Waals surface area contributed by atoms with E-state index in [1.165, 1.54) is 76.4 Å². The van der Waals surface area contributed by atoms with Gasteiger partial charge < -0.3 is 4.42 Å². The highest BCUT2D eigenvalue weighted by Crippen LogP contribution is 2.38. The van der Waals surface area contributed by atoms with Crippen LogP contribution >= 0.6 is 0 Å². The van der Waals surface area contributed by atoms with E-state index >= 15 is 0 Å². The van der Waals surface area contributed by atoms with Crippen LogP contribution in [0.25, 0.3) is 88.8 Å². The molecule has 0 amide bonds. The fourth-order valence-electron chi connectivity index (χ4n) is 11.1. The summed E-state index contributed by atoms with van der Waals surface area (Å²) >= 11 is 0. The van der Waals surface area contributed by atoms with Crippen molar-refractivity contribution in [3.63, 3.8) is 0 Å². The summed E-state index contributed by atoms with van der Waals surface area (Å²) in [6, 6.07) is 15.7. The minimum Gasteiger partial charge on any atom is -0.457 e. The van der Waals surface area contributed by atoms with Gasteiger partial charge in [0.25, 0.3) is 0 Å². The normalized spacial score (nSPS) is 11.6. The lowest BCUT2D eigenvalue weighted by molar-refractivity contribution is 0.675. The molecule has 0 aliphatic heterocycles. The quantitative estimate of drug-likeness (QED) is 0.165. The lowest BCUT2D eigenvalue weighted by Gasteiger charge is -2.24. The van der Waals surface area contributed by atoms with Crippen molar-refractivity contribution in [2.75, 3.05) is 0 Å². The topological polar surface area (TPSA) is 75.6 Å². The van der Waals surface area contributed by atoms with Crippen LogP contribution in [0.2, 0.25) is 0 Å². The predicted molar refractivity (Wildman–Crippen MR) is 336 cm³/mol. The lowest BCUT2D eigenvalue weighted by Crippen LogP contribution is -2.55. The van der Waals surface area contributed by atoms with Gasteiger partial charge in [-0.25, -0.2) is 15.0 Å². The van der Waals surface area contributed by atoms with Crippen LogP contribution < -0.4 is 98.3 Å². The molecule has 5 nitrogen and oxygen atoms in total. The number of hydrogen-bond acceptors (Lipinski definition) is 5. The van der Waals surface area contributed by atoms with Crippen molar-refractivity contribution in [3.05, 3.63) is 42.0 Å². The number of hydrogen-bond donors (Lipinski definition) is 0. The first-order chi connectivity index (χ1) is 30.7. The van der Waals surface area contributed by atoms with E-state index in [4.69, 9.17) is 19.4 Å². The number of benzene rings is 7. The molecule has 0 saturated heterocycles. The molecule has 65 heavy (non-hydrogen) atoms. The van der Waals surface area contributed by atoms with Crippen LogP contribution in [-0.2, 0) is 0 Å². The zero-order valence-corrected chi connectivity index (χ0v) is 41.7. The van der Waals surface area contributed by atoms with Crippen molar-refractivity contribution in [1.82, 2.24) is 15.0 Å². The molecule has 9 aromatic rings. The minimum absolute atomic E-state index is 0.614. The third-order valence-corrected chi connectivity index (χ3v) is 16.5. The van der Waals surface area contributed by atoms with Crippen molar-refractivity contribution in [1.29, 1.82) is 5.26 Å². The third-order valence-electron chi connectivity index (χ3n) is 16.5. The molecule has 290 valence electrons. The highest BCUT2D eigenvalue weighted by molar-refractivity contribution is 6.71. The number of fused-ring (bicyclic) bond motifs is 5. The number of nitrogens with zero attached hydrogens (tertiary/aromatic N) is 4. The van der Waals surface area contributed by atoms with Gasteiger partial charge in [-0.1, -0.05) is 107 Å². The third kappa shape index (κ3) is 6.28. The van der Waals surface area contributed by atoms with Crippen molar-refractivity contribution in [2.24, 2.45) is 0 Å². The summed E-state index contributed by atoms with van der Waals surface area (Å²) in [7, 11) is 39.5. The average molecular weight is 813 g/mol. The van der Waals surface area contributed by atoms with Gasteiger partial charge in [-0.2, -0.15) is 5.26 Å². The summed E-state index contributed by atoms with van der Waals surface area (Å²) in [5.41, 5.74) is 29.3. The van der Waals surface area contributed by atoms with E-state index in [-0.39, 0.29) is 0 Å². The molecule has 0 spiro atoms. The largest absolute Gasteiger partial charge is 0.457 e. The van der Waals surface area contributed by atoms with Gasteiger partial charge in [0.15, 0.2) is 17.5 Å². The summed E-state index contributed by atoms with van der Waals surface area (Å²) in [4.78, 5) is 16.6. The molecule has 0 radical (unpaired) electrons. The molecule has 0 saturated carbocycles. The second-order valence-electron chi connectivity index (χ2n) is 19.1. The Bertz CT molecular complexity index is 3700. The Balaban J connectivity index is 1.44. The maximum Gasteiger partial charge on any atom is 0.164 e. The van der Waals surface area contributed by atoms with E-state index in [1.54, 1.807) is 0 Å². The van der Waals surface area contributed by atoms with E-state index in [1.807, 2.05) is 0 Å². The Labute approximate surface area is 398 Å². The van der Waals surface area contributed by atoms with Gasteiger partial charge in [-0.3, -0.25) is 0 Å². The van der Waals surface area contributed by atoms with Gasteiger partial charge in [0.1, 0.15) is 152 Å². The van der Waals surface area contributed by atoms with Crippen LogP contribution in [-0.4, -0.2) is 156 Å². The van der Waals surface area contributed by atoms with Crippen LogP contribution in [0.1, 0.15) is 5.56 Å². The molecule has 0 unspecified atom stereocenters. The van der Waals surface area contributed by atoms with Gasteiger partial charge in [-0.05, 0) is 27.3 Å². The van der Waals surface area contributed by atoms with E-state index < -0.39 is 0 Å². The second kappa shape index (κ2) is 15.9. The Morgan fingerprint density at radius 2 is 0.723 bits per heavy atom. The zero-order chi connectivity index (χ0) is 47.0. The average Bonchev–Trinajstić information content (AvgIpc) is 3.70. The first kappa shape index (κ1) is 44.7. The smallest absolute Gasteiger partial charge is 0.164 e. The fraction of sp³-hybridized carbons (Fsp3) is 0. The predicted octanol–water partition coefficient (Wildman–Crippen LogP) is -20.7. The molecular weight excluding hydrogens is 771 g/mol. The van der Waals surface area contributed by atoms with Crippen molar-refractivity contribution in [2.45, 2.75) is 0 Å². The maximum atomic E-state index is 10.8. The minimum atomic E-state index is 0.614. The molecule has 2 aromatic heterocycles. The van der Waals surface area contributed by atoms with E-state index in [9.17, 15) is 5.26 Å². The summed E-state index contributed by atoms with van der Waals surface area (Å²) in [5, 5.41) is 17.3. The highest BCUT2D eigenvalue weighted by atomic mass is 16.3. The monoisotopic (exact) mass is 817 g/mol. The lowest BCUT2D eigenvalue weighted by atomic mass is 9.60. The molecule has 0 atom stereocenters. The summed E-state index contributed by atoms with van der Waals surface area (Å²) in [6.45, 7) is 0. The maximum absolute atomic E-state index is 10.8. The molecule has 9 rings (SSSR count). The Kier molecular flexibility index (Phi) is 10.9.